The third-order valence-electron chi connectivity index (χ3n) is 2.80. The van der Waals surface area contributed by atoms with E-state index in [-0.39, 0.29) is 5.91 Å². The average Bonchev–Trinajstić information content (AvgIpc) is 2.29. The second kappa shape index (κ2) is 6.40. The molecular formula is C14H22N2O. The van der Waals surface area contributed by atoms with Gasteiger partial charge in [0.2, 0.25) is 5.91 Å². The first-order valence-electron chi connectivity index (χ1n) is 5.99. The van der Waals surface area contributed by atoms with Crippen LogP contribution in [0, 0.1) is 0 Å². The van der Waals surface area contributed by atoms with Crippen molar-refractivity contribution in [1.82, 2.24) is 9.80 Å². The molecule has 0 spiro atoms. The second-order valence-electron chi connectivity index (χ2n) is 4.77. The van der Waals surface area contributed by atoms with E-state index in [1.807, 2.05) is 18.2 Å². The van der Waals surface area contributed by atoms with Crippen molar-refractivity contribution in [3.05, 3.63) is 35.9 Å². The quantitative estimate of drug-likeness (QED) is 0.778. The first kappa shape index (κ1) is 13.7. The Labute approximate surface area is 104 Å². The van der Waals surface area contributed by atoms with Crippen molar-refractivity contribution in [3.8, 4) is 0 Å². The molecule has 0 atom stereocenters. The molecule has 1 rings (SSSR count). The van der Waals surface area contributed by atoms with Gasteiger partial charge in [-0.2, -0.15) is 0 Å². The lowest BCUT2D eigenvalue weighted by atomic mass is 10.2. The first-order valence-corrected chi connectivity index (χ1v) is 5.99. The Morgan fingerprint density at radius 2 is 1.76 bits per heavy atom. The molecular weight excluding hydrogens is 212 g/mol. The Hall–Kier alpha value is -1.35. The van der Waals surface area contributed by atoms with E-state index in [0.717, 1.165) is 6.54 Å². The molecule has 0 aliphatic heterocycles. The van der Waals surface area contributed by atoms with E-state index in [1.165, 1.54) is 5.56 Å². The van der Waals surface area contributed by atoms with Gasteiger partial charge >= 0.3 is 0 Å². The molecule has 0 aliphatic rings. The van der Waals surface area contributed by atoms with Crippen LogP contribution in [0.25, 0.3) is 0 Å². The number of likely N-dealkylation sites (N-methyl/N-ethyl adjacent to an activating group) is 1. The number of benzene rings is 1. The lowest BCUT2D eigenvalue weighted by molar-refractivity contribution is -0.130. The molecule has 1 aromatic rings. The summed E-state index contributed by atoms with van der Waals surface area (Å²) in [6.45, 7) is 5.52. The predicted molar refractivity (Wildman–Crippen MR) is 70.7 cm³/mol. The smallest absolute Gasteiger partial charge is 0.236 e. The zero-order valence-electron chi connectivity index (χ0n) is 11.2. The summed E-state index contributed by atoms with van der Waals surface area (Å²) in [7, 11) is 3.59. The van der Waals surface area contributed by atoms with Gasteiger partial charge in [-0.25, -0.2) is 0 Å². The van der Waals surface area contributed by atoms with E-state index < -0.39 is 0 Å². The number of amides is 1. The lowest BCUT2D eigenvalue weighted by Crippen LogP contribution is -2.39. The van der Waals surface area contributed by atoms with Crippen LogP contribution in [0.2, 0.25) is 0 Å². The van der Waals surface area contributed by atoms with Gasteiger partial charge in [0, 0.05) is 26.7 Å². The van der Waals surface area contributed by atoms with Gasteiger partial charge in [0.05, 0.1) is 6.54 Å². The normalized spacial score (nSPS) is 10.9. The van der Waals surface area contributed by atoms with Crippen LogP contribution in [0.3, 0.4) is 0 Å². The van der Waals surface area contributed by atoms with Crippen molar-refractivity contribution in [2.75, 3.05) is 20.6 Å². The van der Waals surface area contributed by atoms with Crippen LogP contribution < -0.4 is 0 Å². The number of hydrogen-bond donors (Lipinski definition) is 0. The fourth-order valence-electron chi connectivity index (χ4n) is 1.55. The molecule has 0 bridgehead atoms. The Morgan fingerprint density at radius 3 is 2.24 bits per heavy atom. The van der Waals surface area contributed by atoms with E-state index >= 15 is 0 Å². The fourth-order valence-corrected chi connectivity index (χ4v) is 1.55. The van der Waals surface area contributed by atoms with E-state index in [9.17, 15) is 4.79 Å². The van der Waals surface area contributed by atoms with Crippen LogP contribution in [0.4, 0.5) is 0 Å². The summed E-state index contributed by atoms with van der Waals surface area (Å²) in [5, 5.41) is 0. The van der Waals surface area contributed by atoms with E-state index in [0.29, 0.717) is 12.6 Å². The van der Waals surface area contributed by atoms with Gasteiger partial charge in [-0.05, 0) is 19.4 Å². The van der Waals surface area contributed by atoms with E-state index in [4.69, 9.17) is 0 Å². The summed E-state index contributed by atoms with van der Waals surface area (Å²) < 4.78 is 0. The predicted octanol–water partition coefficient (Wildman–Crippen LogP) is 1.99. The molecule has 0 heterocycles. The molecule has 0 aliphatic carbocycles. The zero-order valence-corrected chi connectivity index (χ0v) is 11.2. The monoisotopic (exact) mass is 234 g/mol. The maximum absolute atomic E-state index is 11.7. The molecule has 1 aromatic carbocycles. The van der Waals surface area contributed by atoms with Crippen LogP contribution in [0.1, 0.15) is 19.4 Å². The average molecular weight is 234 g/mol. The summed E-state index contributed by atoms with van der Waals surface area (Å²) in [6.07, 6.45) is 0. The molecule has 0 saturated heterocycles. The summed E-state index contributed by atoms with van der Waals surface area (Å²) in [5.41, 5.74) is 1.24. The minimum Gasteiger partial charge on any atom is -0.348 e. The molecule has 1 amide bonds. The summed E-state index contributed by atoms with van der Waals surface area (Å²) in [6, 6.07) is 10.6. The largest absolute Gasteiger partial charge is 0.348 e. The highest BCUT2D eigenvalue weighted by Crippen LogP contribution is 2.08. The SMILES string of the molecule is CC(C)N(CC(=O)N(C)C)Cc1ccccc1. The maximum Gasteiger partial charge on any atom is 0.236 e. The molecule has 0 radical (unpaired) electrons. The number of hydrogen-bond acceptors (Lipinski definition) is 2. The minimum absolute atomic E-state index is 0.148. The van der Waals surface area contributed by atoms with Crippen LogP contribution in [0.5, 0.6) is 0 Å². The van der Waals surface area contributed by atoms with Crippen LogP contribution >= 0.6 is 0 Å². The van der Waals surface area contributed by atoms with Crippen molar-refractivity contribution in [1.29, 1.82) is 0 Å². The maximum atomic E-state index is 11.7. The van der Waals surface area contributed by atoms with Crippen LogP contribution in [-0.4, -0.2) is 42.4 Å². The molecule has 0 unspecified atom stereocenters. The highest BCUT2D eigenvalue weighted by molar-refractivity contribution is 5.77. The Balaban J connectivity index is 2.64. The fraction of sp³-hybridized carbons (Fsp3) is 0.500. The standard InChI is InChI=1S/C14H22N2O/c1-12(2)16(11-14(17)15(3)4)10-13-8-6-5-7-9-13/h5-9,12H,10-11H2,1-4H3. The number of nitrogens with zero attached hydrogens (tertiary/aromatic N) is 2. The van der Waals surface area contributed by atoms with Crippen molar-refractivity contribution < 1.29 is 4.79 Å². The van der Waals surface area contributed by atoms with Crippen molar-refractivity contribution in [3.63, 3.8) is 0 Å². The minimum atomic E-state index is 0.148. The Kier molecular flexibility index (Phi) is 5.16. The topological polar surface area (TPSA) is 23.6 Å². The van der Waals surface area contributed by atoms with Crippen molar-refractivity contribution in [2.24, 2.45) is 0 Å². The number of rotatable bonds is 5. The third-order valence-corrected chi connectivity index (χ3v) is 2.80. The first-order chi connectivity index (χ1) is 8.00. The molecule has 3 heteroatoms. The van der Waals surface area contributed by atoms with Gasteiger partial charge in [-0.15, -0.1) is 0 Å². The molecule has 0 N–H and O–H groups in total. The molecule has 0 aromatic heterocycles. The van der Waals surface area contributed by atoms with Gasteiger partial charge in [0.1, 0.15) is 0 Å². The molecule has 94 valence electrons. The van der Waals surface area contributed by atoms with Gasteiger partial charge in [0.25, 0.3) is 0 Å². The van der Waals surface area contributed by atoms with Gasteiger partial charge in [0.15, 0.2) is 0 Å². The second-order valence-corrected chi connectivity index (χ2v) is 4.77. The summed E-state index contributed by atoms with van der Waals surface area (Å²) >= 11 is 0. The Bertz CT molecular complexity index is 346. The van der Waals surface area contributed by atoms with Crippen molar-refractivity contribution in [2.45, 2.75) is 26.4 Å². The molecule has 3 nitrogen and oxygen atoms in total. The van der Waals surface area contributed by atoms with Crippen molar-refractivity contribution >= 4 is 5.91 Å². The van der Waals surface area contributed by atoms with Gasteiger partial charge < -0.3 is 4.90 Å². The highest BCUT2D eigenvalue weighted by Gasteiger charge is 2.15. The van der Waals surface area contributed by atoms with Gasteiger partial charge in [-0.3, -0.25) is 9.69 Å². The third kappa shape index (κ3) is 4.57. The summed E-state index contributed by atoms with van der Waals surface area (Å²) in [4.78, 5) is 15.5. The van der Waals surface area contributed by atoms with E-state index in [1.54, 1.807) is 19.0 Å². The van der Waals surface area contributed by atoms with Gasteiger partial charge in [-0.1, -0.05) is 30.3 Å². The zero-order chi connectivity index (χ0) is 12.8. The highest BCUT2D eigenvalue weighted by atomic mass is 16.2. The molecule has 0 fully saturated rings. The summed E-state index contributed by atoms with van der Waals surface area (Å²) in [5.74, 6) is 0.148. The Morgan fingerprint density at radius 1 is 1.18 bits per heavy atom. The number of carbonyl (C=O) groups is 1. The van der Waals surface area contributed by atoms with Crippen LogP contribution in [0.15, 0.2) is 30.3 Å². The lowest BCUT2D eigenvalue weighted by Gasteiger charge is -2.27. The number of carbonyl (C=O) groups excluding carboxylic acids is 1. The van der Waals surface area contributed by atoms with Crippen LogP contribution in [-0.2, 0) is 11.3 Å². The molecule has 17 heavy (non-hydrogen) atoms. The van der Waals surface area contributed by atoms with E-state index in [2.05, 4.69) is 30.9 Å². The molecule has 0 saturated carbocycles.